The van der Waals surface area contributed by atoms with Crippen LogP contribution in [0.15, 0.2) is 32.1 Å². The molecule has 6 nitrogen and oxygen atoms in total. The van der Waals surface area contributed by atoms with Crippen LogP contribution in [0.1, 0.15) is 17.0 Å². The smallest absolute Gasteiger partial charge is 0.245 e. The van der Waals surface area contributed by atoms with E-state index in [-0.39, 0.29) is 17.1 Å². The second kappa shape index (κ2) is 5.78. The Morgan fingerprint density at radius 3 is 2.57 bits per heavy atom. The first-order chi connectivity index (χ1) is 9.73. The van der Waals surface area contributed by atoms with Crippen LogP contribution in [0.5, 0.6) is 0 Å². The first-order valence-corrected chi connectivity index (χ1v) is 8.40. The predicted molar refractivity (Wildman–Crippen MR) is 83.2 cm³/mol. The number of halogens is 1. The van der Waals surface area contributed by atoms with Gasteiger partial charge in [0.15, 0.2) is 0 Å². The van der Waals surface area contributed by atoms with Crippen LogP contribution in [0.3, 0.4) is 0 Å². The summed E-state index contributed by atoms with van der Waals surface area (Å²) in [5, 5.41) is 3.83. The molecule has 0 atom stereocenters. The van der Waals surface area contributed by atoms with Crippen molar-refractivity contribution in [2.45, 2.75) is 25.3 Å². The molecule has 2 rings (SSSR count). The Kier molecular flexibility index (Phi) is 4.40. The summed E-state index contributed by atoms with van der Waals surface area (Å²) in [5.41, 5.74) is 7.46. The van der Waals surface area contributed by atoms with Gasteiger partial charge in [-0.3, -0.25) is 0 Å². The maximum atomic E-state index is 12.6. The van der Waals surface area contributed by atoms with Gasteiger partial charge in [-0.05, 0) is 32.0 Å². The minimum absolute atomic E-state index is 0.0833. The first-order valence-electron chi connectivity index (χ1n) is 6.16. The maximum Gasteiger partial charge on any atom is 0.245 e. The molecule has 0 saturated carbocycles. The highest BCUT2D eigenvalue weighted by Gasteiger charge is 2.25. The largest absolute Gasteiger partial charge is 0.398 e. The summed E-state index contributed by atoms with van der Waals surface area (Å²) in [7, 11) is -2.18. The Hall–Kier alpha value is -1.38. The van der Waals surface area contributed by atoms with Crippen molar-refractivity contribution in [3.8, 4) is 0 Å². The molecule has 0 unspecified atom stereocenters. The van der Waals surface area contributed by atoms with Crippen molar-refractivity contribution < 1.29 is 12.9 Å². The van der Waals surface area contributed by atoms with Gasteiger partial charge in [0.05, 0.1) is 11.4 Å². The Bertz CT molecular complexity index is 751. The van der Waals surface area contributed by atoms with E-state index in [0.29, 0.717) is 11.5 Å². The van der Waals surface area contributed by atoms with Gasteiger partial charge in [-0.1, -0.05) is 21.1 Å². The first kappa shape index (κ1) is 16.0. The molecular weight excluding hydrogens is 358 g/mol. The Labute approximate surface area is 132 Å². The molecule has 1 aromatic heterocycles. The van der Waals surface area contributed by atoms with Crippen LogP contribution in [-0.2, 0) is 16.6 Å². The molecule has 0 spiro atoms. The number of aromatic nitrogens is 1. The molecule has 2 aromatic rings. The number of nitrogens with zero attached hydrogens (tertiary/aromatic N) is 2. The molecule has 0 radical (unpaired) electrons. The summed E-state index contributed by atoms with van der Waals surface area (Å²) in [6, 6.07) is 4.70. The van der Waals surface area contributed by atoms with Crippen LogP contribution in [-0.4, -0.2) is 24.9 Å². The molecule has 0 bridgehead atoms. The third-order valence-corrected chi connectivity index (χ3v) is 5.59. The third-order valence-electron chi connectivity index (χ3n) is 3.22. The summed E-state index contributed by atoms with van der Waals surface area (Å²) < 4.78 is 32.2. The monoisotopic (exact) mass is 373 g/mol. The average molecular weight is 374 g/mol. The molecule has 1 heterocycles. The zero-order chi connectivity index (χ0) is 15.8. The van der Waals surface area contributed by atoms with E-state index in [1.165, 1.54) is 17.4 Å². The second-order valence-electron chi connectivity index (χ2n) is 4.75. The SMILES string of the molecule is Cc1noc(C)c1CN(C)S(=O)(=O)c1ccc(Br)cc1N. The molecule has 2 N–H and O–H groups in total. The van der Waals surface area contributed by atoms with E-state index in [4.69, 9.17) is 10.3 Å². The highest BCUT2D eigenvalue weighted by atomic mass is 79.9. The Balaban J connectivity index is 2.35. The molecule has 0 aliphatic rings. The number of nitrogens with two attached hydrogens (primary N) is 1. The highest BCUT2D eigenvalue weighted by molar-refractivity contribution is 9.10. The summed E-state index contributed by atoms with van der Waals surface area (Å²) in [5.74, 6) is 0.610. The number of hydrogen-bond donors (Lipinski definition) is 1. The van der Waals surface area contributed by atoms with Gasteiger partial charge < -0.3 is 10.3 Å². The van der Waals surface area contributed by atoms with Crippen LogP contribution < -0.4 is 5.73 Å². The fourth-order valence-corrected chi connectivity index (χ4v) is 3.57. The van der Waals surface area contributed by atoms with E-state index in [1.807, 2.05) is 0 Å². The van der Waals surface area contributed by atoms with Gasteiger partial charge in [0, 0.05) is 23.6 Å². The van der Waals surface area contributed by atoms with E-state index in [1.54, 1.807) is 26.0 Å². The number of hydrogen-bond acceptors (Lipinski definition) is 5. The number of nitrogen functional groups attached to an aromatic ring is 1. The van der Waals surface area contributed by atoms with E-state index in [9.17, 15) is 8.42 Å². The van der Waals surface area contributed by atoms with Gasteiger partial charge >= 0.3 is 0 Å². The minimum Gasteiger partial charge on any atom is -0.398 e. The summed E-state index contributed by atoms with van der Waals surface area (Å²) in [6.07, 6.45) is 0. The van der Waals surface area contributed by atoms with E-state index < -0.39 is 10.0 Å². The number of benzene rings is 1. The standard InChI is InChI=1S/C13H16BrN3O3S/c1-8-11(9(2)20-16-8)7-17(3)21(18,19)13-5-4-10(14)6-12(13)15/h4-6H,7,15H2,1-3H3. The fraction of sp³-hybridized carbons (Fsp3) is 0.308. The summed E-state index contributed by atoms with van der Waals surface area (Å²) in [4.78, 5) is 0.0833. The molecule has 0 aliphatic carbocycles. The van der Waals surface area contributed by atoms with Crippen molar-refractivity contribution in [1.82, 2.24) is 9.46 Å². The van der Waals surface area contributed by atoms with Crippen LogP contribution in [0.4, 0.5) is 5.69 Å². The van der Waals surface area contributed by atoms with Crippen molar-refractivity contribution in [3.63, 3.8) is 0 Å². The Morgan fingerprint density at radius 1 is 1.38 bits per heavy atom. The van der Waals surface area contributed by atoms with Crippen molar-refractivity contribution >= 4 is 31.6 Å². The molecule has 0 aliphatic heterocycles. The number of rotatable bonds is 4. The van der Waals surface area contributed by atoms with E-state index >= 15 is 0 Å². The van der Waals surface area contributed by atoms with Crippen molar-refractivity contribution in [3.05, 3.63) is 39.7 Å². The van der Waals surface area contributed by atoms with Gasteiger partial charge in [0.1, 0.15) is 10.7 Å². The normalized spacial score (nSPS) is 12.0. The molecule has 0 amide bonds. The molecule has 0 fully saturated rings. The molecule has 1 aromatic carbocycles. The molecule has 8 heteroatoms. The molecule has 114 valence electrons. The van der Waals surface area contributed by atoms with Gasteiger partial charge in [0.25, 0.3) is 0 Å². The van der Waals surface area contributed by atoms with Crippen LogP contribution in [0.2, 0.25) is 0 Å². The predicted octanol–water partition coefficient (Wildman–Crippen LogP) is 2.46. The molecular formula is C13H16BrN3O3S. The lowest BCUT2D eigenvalue weighted by Gasteiger charge is -2.18. The summed E-state index contributed by atoms with van der Waals surface area (Å²) >= 11 is 3.26. The van der Waals surface area contributed by atoms with Gasteiger partial charge in [-0.2, -0.15) is 4.31 Å². The number of sulfonamides is 1. The van der Waals surface area contributed by atoms with Crippen molar-refractivity contribution in [1.29, 1.82) is 0 Å². The van der Waals surface area contributed by atoms with E-state index in [2.05, 4.69) is 21.1 Å². The van der Waals surface area contributed by atoms with Crippen LogP contribution in [0.25, 0.3) is 0 Å². The lowest BCUT2D eigenvalue weighted by Crippen LogP contribution is -2.27. The highest BCUT2D eigenvalue weighted by Crippen LogP contribution is 2.26. The van der Waals surface area contributed by atoms with Crippen LogP contribution >= 0.6 is 15.9 Å². The second-order valence-corrected chi connectivity index (χ2v) is 7.67. The van der Waals surface area contributed by atoms with Gasteiger partial charge in [-0.25, -0.2) is 8.42 Å². The van der Waals surface area contributed by atoms with Gasteiger partial charge in [0.2, 0.25) is 10.0 Å². The minimum atomic E-state index is -3.68. The number of anilines is 1. The lowest BCUT2D eigenvalue weighted by atomic mass is 10.2. The van der Waals surface area contributed by atoms with Crippen LogP contribution in [0, 0.1) is 13.8 Å². The Morgan fingerprint density at radius 2 is 2.05 bits per heavy atom. The van der Waals surface area contributed by atoms with Crippen molar-refractivity contribution in [2.75, 3.05) is 12.8 Å². The van der Waals surface area contributed by atoms with Gasteiger partial charge in [-0.15, -0.1) is 0 Å². The molecule has 0 saturated heterocycles. The average Bonchev–Trinajstić information content (AvgIpc) is 2.70. The molecule has 21 heavy (non-hydrogen) atoms. The third kappa shape index (κ3) is 3.12. The zero-order valence-corrected chi connectivity index (χ0v) is 14.3. The maximum absolute atomic E-state index is 12.6. The summed E-state index contributed by atoms with van der Waals surface area (Å²) in [6.45, 7) is 3.71. The lowest BCUT2D eigenvalue weighted by molar-refractivity contribution is 0.390. The van der Waals surface area contributed by atoms with E-state index in [0.717, 1.165) is 10.0 Å². The fourth-order valence-electron chi connectivity index (χ4n) is 1.96. The zero-order valence-electron chi connectivity index (χ0n) is 11.9. The number of aryl methyl sites for hydroxylation is 2. The van der Waals surface area contributed by atoms with Crippen molar-refractivity contribution in [2.24, 2.45) is 0 Å². The topological polar surface area (TPSA) is 89.4 Å². The quantitative estimate of drug-likeness (QED) is 0.831.